The molecule has 1 saturated heterocycles. The summed E-state index contributed by atoms with van der Waals surface area (Å²) in [6.07, 6.45) is 2.87. The highest BCUT2D eigenvalue weighted by atomic mass is 16.3. The van der Waals surface area contributed by atoms with E-state index in [-0.39, 0.29) is 29.8 Å². The maximum absolute atomic E-state index is 12.4. The molecular weight excluding hydrogens is 244 g/mol. The van der Waals surface area contributed by atoms with E-state index in [4.69, 9.17) is 0 Å². The predicted octanol–water partition coefficient (Wildman–Crippen LogP) is 1.09. The molecule has 1 aliphatic rings. The summed E-state index contributed by atoms with van der Waals surface area (Å²) in [6.45, 7) is 6.71. The molecule has 0 saturated carbocycles. The van der Waals surface area contributed by atoms with Gasteiger partial charge in [0, 0.05) is 12.0 Å². The Morgan fingerprint density at radius 2 is 2.21 bits per heavy atom. The minimum absolute atomic E-state index is 0.00227. The normalized spacial score (nSPS) is 20.6. The van der Waals surface area contributed by atoms with Gasteiger partial charge in [-0.05, 0) is 19.3 Å². The zero-order valence-corrected chi connectivity index (χ0v) is 11.8. The van der Waals surface area contributed by atoms with Crippen LogP contribution in [0.1, 0.15) is 56.5 Å². The van der Waals surface area contributed by atoms with Gasteiger partial charge in [0.2, 0.25) is 5.82 Å². The standard InChI is InChI=1S/C13H22N4O2/c1-13(2,3)12-14-10(15-16-12)11(19)17-7-5-4-6-9(17)8-18/h9,18H,4-8H2,1-3H3,(H,14,15,16). The van der Waals surface area contributed by atoms with Gasteiger partial charge in [-0.15, -0.1) is 5.10 Å². The highest BCUT2D eigenvalue weighted by molar-refractivity contribution is 5.90. The second-order valence-electron chi connectivity index (χ2n) is 6.09. The Labute approximate surface area is 113 Å². The van der Waals surface area contributed by atoms with E-state index in [0.29, 0.717) is 12.4 Å². The van der Waals surface area contributed by atoms with Gasteiger partial charge < -0.3 is 10.0 Å². The molecule has 2 N–H and O–H groups in total. The Balaban J connectivity index is 2.16. The first kappa shape index (κ1) is 14.0. The van der Waals surface area contributed by atoms with E-state index in [9.17, 15) is 9.90 Å². The van der Waals surface area contributed by atoms with E-state index in [2.05, 4.69) is 15.2 Å². The van der Waals surface area contributed by atoms with Crippen LogP contribution in [0, 0.1) is 0 Å². The second-order valence-corrected chi connectivity index (χ2v) is 6.09. The Bertz CT molecular complexity index is 450. The van der Waals surface area contributed by atoms with Crippen LogP contribution in [0.2, 0.25) is 0 Å². The lowest BCUT2D eigenvalue weighted by molar-refractivity contribution is 0.0491. The number of rotatable bonds is 2. The smallest absolute Gasteiger partial charge is 0.293 e. The van der Waals surface area contributed by atoms with E-state index < -0.39 is 0 Å². The number of aliphatic hydroxyl groups excluding tert-OH is 1. The van der Waals surface area contributed by atoms with Crippen molar-refractivity contribution < 1.29 is 9.90 Å². The zero-order chi connectivity index (χ0) is 14.0. The van der Waals surface area contributed by atoms with Crippen LogP contribution < -0.4 is 0 Å². The second kappa shape index (κ2) is 5.28. The maximum Gasteiger partial charge on any atom is 0.293 e. The fraction of sp³-hybridized carbons (Fsp3) is 0.769. The third-order valence-electron chi connectivity index (χ3n) is 3.49. The average Bonchev–Trinajstić information content (AvgIpc) is 2.87. The number of likely N-dealkylation sites (tertiary alicyclic amines) is 1. The number of carbonyl (C=O) groups excluding carboxylic acids is 1. The van der Waals surface area contributed by atoms with Crippen LogP contribution >= 0.6 is 0 Å². The van der Waals surface area contributed by atoms with Crippen LogP contribution in [0.4, 0.5) is 0 Å². The maximum atomic E-state index is 12.4. The van der Waals surface area contributed by atoms with Gasteiger partial charge in [-0.1, -0.05) is 20.8 Å². The molecule has 19 heavy (non-hydrogen) atoms. The summed E-state index contributed by atoms with van der Waals surface area (Å²) >= 11 is 0. The molecule has 2 heterocycles. The quantitative estimate of drug-likeness (QED) is 0.839. The van der Waals surface area contributed by atoms with Gasteiger partial charge >= 0.3 is 0 Å². The van der Waals surface area contributed by atoms with Crippen LogP contribution in [0.3, 0.4) is 0 Å². The highest BCUT2D eigenvalue weighted by Gasteiger charge is 2.30. The average molecular weight is 266 g/mol. The molecule has 2 rings (SSSR count). The minimum Gasteiger partial charge on any atom is -0.394 e. The third kappa shape index (κ3) is 2.94. The van der Waals surface area contributed by atoms with Crippen molar-refractivity contribution >= 4 is 5.91 Å². The summed E-state index contributed by atoms with van der Waals surface area (Å²) in [6, 6.07) is -0.0992. The van der Waals surface area contributed by atoms with Crippen LogP contribution in [0.5, 0.6) is 0 Å². The Hall–Kier alpha value is -1.43. The molecule has 6 nitrogen and oxygen atoms in total. The molecule has 0 bridgehead atoms. The van der Waals surface area contributed by atoms with E-state index in [1.807, 2.05) is 20.8 Å². The van der Waals surface area contributed by atoms with Gasteiger partial charge in [0.05, 0.1) is 12.6 Å². The number of H-pyrrole nitrogens is 1. The minimum atomic E-state index is -0.189. The fourth-order valence-corrected chi connectivity index (χ4v) is 2.28. The molecule has 0 aliphatic carbocycles. The third-order valence-corrected chi connectivity index (χ3v) is 3.49. The SMILES string of the molecule is CC(C)(C)c1nc(C(=O)N2CCCCC2CO)n[nH]1. The number of aliphatic hydroxyl groups is 1. The van der Waals surface area contributed by atoms with Crippen molar-refractivity contribution in [2.75, 3.05) is 13.2 Å². The molecule has 1 aliphatic heterocycles. The molecule has 1 atom stereocenters. The Kier molecular flexibility index (Phi) is 3.89. The van der Waals surface area contributed by atoms with Crippen molar-refractivity contribution in [3.8, 4) is 0 Å². The number of nitrogens with one attached hydrogen (secondary N) is 1. The molecule has 1 unspecified atom stereocenters. The summed E-state index contributed by atoms with van der Waals surface area (Å²) in [7, 11) is 0. The zero-order valence-electron chi connectivity index (χ0n) is 11.8. The summed E-state index contributed by atoms with van der Waals surface area (Å²) in [4.78, 5) is 18.4. The first-order chi connectivity index (χ1) is 8.93. The number of aromatic amines is 1. The number of nitrogens with zero attached hydrogens (tertiary/aromatic N) is 3. The number of hydrogen-bond donors (Lipinski definition) is 2. The van der Waals surface area contributed by atoms with Crippen LogP contribution in [0.15, 0.2) is 0 Å². The van der Waals surface area contributed by atoms with E-state index in [1.54, 1.807) is 4.90 Å². The predicted molar refractivity (Wildman–Crippen MR) is 70.8 cm³/mol. The van der Waals surface area contributed by atoms with Gasteiger partial charge in [0.25, 0.3) is 5.91 Å². The molecule has 106 valence electrons. The van der Waals surface area contributed by atoms with E-state index >= 15 is 0 Å². The molecule has 1 aromatic rings. The lowest BCUT2D eigenvalue weighted by Crippen LogP contribution is -2.46. The van der Waals surface area contributed by atoms with Gasteiger partial charge in [-0.25, -0.2) is 4.98 Å². The lowest BCUT2D eigenvalue weighted by Gasteiger charge is -2.33. The van der Waals surface area contributed by atoms with E-state index in [1.165, 1.54) is 0 Å². The number of hydrogen-bond acceptors (Lipinski definition) is 4. The van der Waals surface area contributed by atoms with Crippen molar-refractivity contribution in [2.45, 2.75) is 51.5 Å². The summed E-state index contributed by atoms with van der Waals surface area (Å²) in [5.74, 6) is 0.712. The largest absolute Gasteiger partial charge is 0.394 e. The molecule has 0 spiro atoms. The lowest BCUT2D eigenvalue weighted by atomic mass is 9.96. The molecule has 1 amide bonds. The van der Waals surface area contributed by atoms with Gasteiger partial charge in [-0.3, -0.25) is 9.89 Å². The fourth-order valence-electron chi connectivity index (χ4n) is 2.28. The molecule has 1 aromatic heterocycles. The molecule has 0 aromatic carbocycles. The Morgan fingerprint density at radius 3 is 2.79 bits per heavy atom. The molecular formula is C13H22N4O2. The summed E-state index contributed by atoms with van der Waals surface area (Å²) in [5.41, 5.74) is -0.163. The van der Waals surface area contributed by atoms with Crippen molar-refractivity contribution in [1.82, 2.24) is 20.1 Å². The highest BCUT2D eigenvalue weighted by Crippen LogP contribution is 2.20. The van der Waals surface area contributed by atoms with Crippen molar-refractivity contribution in [3.05, 3.63) is 11.6 Å². The molecule has 6 heteroatoms. The van der Waals surface area contributed by atoms with Crippen molar-refractivity contribution in [2.24, 2.45) is 0 Å². The number of piperidine rings is 1. The van der Waals surface area contributed by atoms with Crippen LogP contribution in [0.25, 0.3) is 0 Å². The molecule has 1 fully saturated rings. The molecule has 0 radical (unpaired) electrons. The van der Waals surface area contributed by atoms with Gasteiger partial charge in [0.15, 0.2) is 0 Å². The number of amides is 1. The van der Waals surface area contributed by atoms with Crippen LogP contribution in [-0.2, 0) is 5.41 Å². The first-order valence-electron chi connectivity index (χ1n) is 6.78. The summed E-state index contributed by atoms with van der Waals surface area (Å²) < 4.78 is 0. The van der Waals surface area contributed by atoms with Gasteiger partial charge in [0.1, 0.15) is 5.82 Å². The number of aromatic nitrogens is 3. The van der Waals surface area contributed by atoms with Gasteiger partial charge in [-0.2, -0.15) is 0 Å². The summed E-state index contributed by atoms with van der Waals surface area (Å²) in [5, 5.41) is 16.2. The van der Waals surface area contributed by atoms with Crippen molar-refractivity contribution in [3.63, 3.8) is 0 Å². The van der Waals surface area contributed by atoms with Crippen LogP contribution in [-0.4, -0.2) is 50.3 Å². The monoisotopic (exact) mass is 266 g/mol. The van der Waals surface area contributed by atoms with Crippen molar-refractivity contribution in [1.29, 1.82) is 0 Å². The van der Waals surface area contributed by atoms with E-state index in [0.717, 1.165) is 19.3 Å². The number of carbonyl (C=O) groups is 1. The topological polar surface area (TPSA) is 82.1 Å². The first-order valence-corrected chi connectivity index (χ1v) is 6.78. The Morgan fingerprint density at radius 1 is 1.47 bits per heavy atom.